The van der Waals surface area contributed by atoms with Gasteiger partial charge < -0.3 is 9.64 Å². The summed E-state index contributed by atoms with van der Waals surface area (Å²) in [6, 6.07) is 3.60. The standard InChI is InChI=1S/C21H25NO4/c1-7-8-14-9-13(2)18(17(10-14)26-6)19-15(23)11-21(3,12-16(19)24)20(25)22(4)5/h9-10,19H,11-12H2,1-6H3. The molecule has 5 heteroatoms. The quantitative estimate of drug-likeness (QED) is 0.617. The van der Waals surface area contributed by atoms with Gasteiger partial charge in [0.05, 0.1) is 12.5 Å². The Morgan fingerprint density at radius 2 is 1.81 bits per heavy atom. The van der Waals surface area contributed by atoms with Crippen molar-refractivity contribution in [2.45, 2.75) is 39.5 Å². The molecule has 1 aliphatic carbocycles. The van der Waals surface area contributed by atoms with Crippen LogP contribution in [-0.4, -0.2) is 43.6 Å². The van der Waals surface area contributed by atoms with Gasteiger partial charge >= 0.3 is 0 Å². The smallest absolute Gasteiger partial charge is 0.228 e. The van der Waals surface area contributed by atoms with Crippen LogP contribution in [0.15, 0.2) is 12.1 Å². The highest BCUT2D eigenvalue weighted by Gasteiger charge is 2.48. The lowest BCUT2D eigenvalue weighted by Gasteiger charge is -2.36. The van der Waals surface area contributed by atoms with Crippen LogP contribution in [0.1, 0.15) is 49.3 Å². The molecular weight excluding hydrogens is 330 g/mol. The normalized spacial score (nSPS) is 22.5. The number of Topliss-reactive ketones (excluding diaryl/α,β-unsaturated/α-hetero) is 2. The van der Waals surface area contributed by atoms with E-state index in [0.717, 1.165) is 11.1 Å². The molecule has 0 heterocycles. The van der Waals surface area contributed by atoms with E-state index in [1.54, 1.807) is 34.0 Å². The van der Waals surface area contributed by atoms with Gasteiger partial charge in [-0.25, -0.2) is 0 Å². The molecule has 1 aromatic carbocycles. The summed E-state index contributed by atoms with van der Waals surface area (Å²) in [6.45, 7) is 5.27. The topological polar surface area (TPSA) is 63.7 Å². The van der Waals surface area contributed by atoms with Gasteiger partial charge in [0.2, 0.25) is 5.91 Å². The monoisotopic (exact) mass is 355 g/mol. The fraction of sp³-hybridized carbons (Fsp3) is 0.476. The van der Waals surface area contributed by atoms with Gasteiger partial charge in [0.25, 0.3) is 0 Å². The zero-order valence-corrected chi connectivity index (χ0v) is 16.2. The summed E-state index contributed by atoms with van der Waals surface area (Å²) in [5.74, 6) is 4.71. The number of benzene rings is 1. The average Bonchev–Trinajstić information content (AvgIpc) is 2.55. The third-order valence-electron chi connectivity index (χ3n) is 4.82. The second kappa shape index (κ2) is 7.33. The molecule has 1 aliphatic rings. The van der Waals surface area contributed by atoms with Crippen molar-refractivity contribution in [1.29, 1.82) is 0 Å². The van der Waals surface area contributed by atoms with E-state index < -0.39 is 11.3 Å². The van der Waals surface area contributed by atoms with Crippen molar-refractivity contribution in [3.63, 3.8) is 0 Å². The number of nitrogens with zero attached hydrogens (tertiary/aromatic N) is 1. The summed E-state index contributed by atoms with van der Waals surface area (Å²) >= 11 is 0. The highest BCUT2D eigenvalue weighted by atomic mass is 16.5. The SMILES string of the molecule is CC#Cc1cc(C)c(C2C(=O)CC(C)(C(=O)N(C)C)CC2=O)c(OC)c1. The summed E-state index contributed by atoms with van der Waals surface area (Å²) < 4.78 is 5.45. The maximum atomic E-state index is 12.9. The Kier molecular flexibility index (Phi) is 5.56. The molecule has 138 valence electrons. The summed E-state index contributed by atoms with van der Waals surface area (Å²) in [6.07, 6.45) is 0.0824. The predicted molar refractivity (Wildman–Crippen MR) is 99.1 cm³/mol. The fourth-order valence-corrected chi connectivity index (χ4v) is 3.75. The molecule has 0 unspecified atom stereocenters. The lowest BCUT2D eigenvalue weighted by atomic mass is 9.67. The van der Waals surface area contributed by atoms with E-state index in [1.807, 2.05) is 13.0 Å². The number of hydrogen-bond acceptors (Lipinski definition) is 4. The minimum absolute atomic E-state index is 0.0412. The van der Waals surface area contributed by atoms with Gasteiger partial charge in [-0.1, -0.05) is 5.92 Å². The summed E-state index contributed by atoms with van der Waals surface area (Å²) in [7, 11) is 4.78. The van der Waals surface area contributed by atoms with E-state index in [-0.39, 0.29) is 30.3 Å². The molecule has 1 fully saturated rings. The molecule has 1 aromatic rings. The minimum atomic E-state index is -0.983. The fourth-order valence-electron chi connectivity index (χ4n) is 3.75. The Bertz CT molecular complexity index is 808. The second-order valence-corrected chi connectivity index (χ2v) is 7.26. The molecule has 5 nitrogen and oxygen atoms in total. The highest BCUT2D eigenvalue weighted by molar-refractivity contribution is 6.13. The third kappa shape index (κ3) is 3.50. The van der Waals surface area contributed by atoms with Crippen molar-refractivity contribution in [3.05, 3.63) is 28.8 Å². The van der Waals surface area contributed by atoms with Crippen molar-refractivity contribution in [2.75, 3.05) is 21.2 Å². The van der Waals surface area contributed by atoms with Crippen LogP contribution in [-0.2, 0) is 14.4 Å². The molecule has 0 saturated heterocycles. The number of ether oxygens (including phenoxy) is 1. The number of rotatable bonds is 3. The number of carbonyl (C=O) groups is 3. The lowest BCUT2D eigenvalue weighted by molar-refractivity contribution is -0.149. The van der Waals surface area contributed by atoms with Crippen molar-refractivity contribution < 1.29 is 19.1 Å². The molecule has 0 spiro atoms. The van der Waals surface area contributed by atoms with E-state index in [2.05, 4.69) is 11.8 Å². The van der Waals surface area contributed by atoms with E-state index in [0.29, 0.717) is 11.3 Å². The molecule has 1 amide bonds. The van der Waals surface area contributed by atoms with Crippen LogP contribution >= 0.6 is 0 Å². The zero-order valence-electron chi connectivity index (χ0n) is 16.2. The van der Waals surface area contributed by atoms with Crippen molar-refractivity contribution in [2.24, 2.45) is 5.41 Å². The van der Waals surface area contributed by atoms with Crippen LogP contribution in [0.5, 0.6) is 5.75 Å². The molecule has 1 saturated carbocycles. The minimum Gasteiger partial charge on any atom is -0.496 e. The summed E-state index contributed by atoms with van der Waals surface area (Å²) in [5, 5.41) is 0. The Morgan fingerprint density at radius 1 is 1.23 bits per heavy atom. The number of ketones is 2. The number of amides is 1. The maximum absolute atomic E-state index is 12.9. The first kappa shape index (κ1) is 19.7. The first-order valence-corrected chi connectivity index (χ1v) is 8.53. The van der Waals surface area contributed by atoms with E-state index in [1.165, 1.54) is 12.0 Å². The third-order valence-corrected chi connectivity index (χ3v) is 4.82. The number of methoxy groups -OCH3 is 1. The van der Waals surface area contributed by atoms with Crippen molar-refractivity contribution in [3.8, 4) is 17.6 Å². The highest BCUT2D eigenvalue weighted by Crippen LogP contribution is 2.43. The molecule has 0 aliphatic heterocycles. The van der Waals surface area contributed by atoms with Gasteiger partial charge in [-0.2, -0.15) is 0 Å². The Hall–Kier alpha value is -2.61. The zero-order chi connectivity index (χ0) is 19.6. The van der Waals surface area contributed by atoms with Crippen molar-refractivity contribution in [1.82, 2.24) is 4.90 Å². The summed E-state index contributed by atoms with van der Waals surface area (Å²) in [5.41, 5.74) is 1.16. The molecular formula is C21H25NO4. The van der Waals surface area contributed by atoms with Crippen LogP contribution in [0.3, 0.4) is 0 Å². The van der Waals surface area contributed by atoms with Gasteiger partial charge in [-0.3, -0.25) is 14.4 Å². The number of hydrogen-bond donors (Lipinski definition) is 0. The summed E-state index contributed by atoms with van der Waals surface area (Å²) in [4.78, 5) is 39.7. The molecule has 0 atom stereocenters. The predicted octanol–water partition coefficient (Wildman–Crippen LogP) is 2.49. The van der Waals surface area contributed by atoms with Crippen molar-refractivity contribution >= 4 is 17.5 Å². The first-order chi connectivity index (χ1) is 12.1. The van der Waals surface area contributed by atoms with Crippen LogP contribution in [0.25, 0.3) is 0 Å². The van der Waals surface area contributed by atoms with Gasteiger partial charge in [0.1, 0.15) is 23.2 Å². The number of aryl methyl sites for hydroxylation is 1. The first-order valence-electron chi connectivity index (χ1n) is 8.53. The lowest BCUT2D eigenvalue weighted by Crippen LogP contribution is -2.47. The maximum Gasteiger partial charge on any atom is 0.228 e. The molecule has 0 bridgehead atoms. The molecule has 0 N–H and O–H groups in total. The van der Waals surface area contributed by atoms with Crippen LogP contribution < -0.4 is 4.74 Å². The van der Waals surface area contributed by atoms with Gasteiger partial charge in [-0.15, -0.1) is 5.92 Å². The average molecular weight is 355 g/mol. The van der Waals surface area contributed by atoms with E-state index in [4.69, 9.17) is 4.74 Å². The Labute approximate surface area is 154 Å². The van der Waals surface area contributed by atoms with Crippen LogP contribution in [0.2, 0.25) is 0 Å². The van der Waals surface area contributed by atoms with Gasteiger partial charge in [-0.05, 0) is 38.5 Å². The Balaban J connectivity index is 2.48. The van der Waals surface area contributed by atoms with Crippen LogP contribution in [0, 0.1) is 24.2 Å². The molecule has 26 heavy (non-hydrogen) atoms. The Morgan fingerprint density at radius 3 is 2.27 bits per heavy atom. The van der Waals surface area contributed by atoms with Crippen LogP contribution in [0.4, 0.5) is 0 Å². The van der Waals surface area contributed by atoms with Gasteiger partial charge in [0, 0.05) is 38.1 Å². The molecule has 0 aromatic heterocycles. The number of carbonyl (C=O) groups excluding carboxylic acids is 3. The molecule has 0 radical (unpaired) electrons. The van der Waals surface area contributed by atoms with E-state index >= 15 is 0 Å². The second-order valence-electron chi connectivity index (χ2n) is 7.26. The van der Waals surface area contributed by atoms with E-state index in [9.17, 15) is 14.4 Å². The largest absolute Gasteiger partial charge is 0.496 e. The van der Waals surface area contributed by atoms with Gasteiger partial charge in [0.15, 0.2) is 0 Å². The molecule has 2 rings (SSSR count).